The SMILES string of the molecule is CNC(=O)Nc1ccc(-c2cc(NCC(C)C)c3ncc(-c4ccc(C(=O)NC5CC5)cc4)n3n2)cc1. The lowest BCUT2D eigenvalue weighted by Crippen LogP contribution is -2.25. The van der Waals surface area contributed by atoms with Crippen LogP contribution in [0.2, 0.25) is 0 Å². The van der Waals surface area contributed by atoms with Crippen LogP contribution in [-0.4, -0.2) is 46.2 Å². The number of rotatable bonds is 8. The van der Waals surface area contributed by atoms with Crippen molar-refractivity contribution in [3.63, 3.8) is 0 Å². The normalized spacial score (nSPS) is 13.0. The first-order valence-corrected chi connectivity index (χ1v) is 12.5. The Bertz CT molecular complexity index is 1420. The van der Waals surface area contributed by atoms with E-state index in [0.717, 1.165) is 53.2 Å². The molecule has 9 heteroatoms. The monoisotopic (exact) mass is 497 g/mol. The van der Waals surface area contributed by atoms with Crippen LogP contribution in [0, 0.1) is 5.92 Å². The minimum Gasteiger partial charge on any atom is -0.382 e. The van der Waals surface area contributed by atoms with E-state index in [9.17, 15) is 9.59 Å². The second-order valence-electron chi connectivity index (χ2n) is 9.70. The van der Waals surface area contributed by atoms with Gasteiger partial charge in [-0.15, -0.1) is 0 Å². The molecule has 0 aliphatic heterocycles. The summed E-state index contributed by atoms with van der Waals surface area (Å²) >= 11 is 0. The van der Waals surface area contributed by atoms with E-state index >= 15 is 0 Å². The molecule has 3 amide bonds. The Morgan fingerprint density at radius 2 is 1.73 bits per heavy atom. The Hall–Kier alpha value is -4.40. The number of carbonyl (C=O) groups excluding carboxylic acids is 2. The van der Waals surface area contributed by atoms with Gasteiger partial charge in [0, 0.05) is 42.0 Å². The number of amides is 3. The molecule has 2 heterocycles. The summed E-state index contributed by atoms with van der Waals surface area (Å²) in [7, 11) is 1.58. The summed E-state index contributed by atoms with van der Waals surface area (Å²) in [5.74, 6) is 0.414. The number of hydrogen-bond acceptors (Lipinski definition) is 5. The molecule has 190 valence electrons. The topological polar surface area (TPSA) is 112 Å². The van der Waals surface area contributed by atoms with Crippen LogP contribution >= 0.6 is 0 Å². The number of aromatic nitrogens is 3. The second-order valence-corrected chi connectivity index (χ2v) is 9.70. The molecule has 2 aromatic heterocycles. The van der Waals surface area contributed by atoms with Crippen molar-refractivity contribution in [2.75, 3.05) is 24.2 Å². The largest absolute Gasteiger partial charge is 0.382 e. The van der Waals surface area contributed by atoms with Crippen molar-refractivity contribution in [1.82, 2.24) is 25.2 Å². The summed E-state index contributed by atoms with van der Waals surface area (Å²) in [6, 6.07) is 17.1. The molecule has 0 spiro atoms. The Morgan fingerprint density at radius 3 is 2.38 bits per heavy atom. The van der Waals surface area contributed by atoms with Gasteiger partial charge < -0.3 is 21.3 Å². The van der Waals surface area contributed by atoms with Crippen LogP contribution in [-0.2, 0) is 0 Å². The highest BCUT2D eigenvalue weighted by molar-refractivity contribution is 5.95. The first kappa shape index (κ1) is 24.3. The van der Waals surface area contributed by atoms with Gasteiger partial charge in [-0.05, 0) is 49.1 Å². The van der Waals surface area contributed by atoms with Crippen molar-refractivity contribution in [2.45, 2.75) is 32.7 Å². The van der Waals surface area contributed by atoms with E-state index in [0.29, 0.717) is 23.2 Å². The molecule has 0 bridgehead atoms. The molecule has 37 heavy (non-hydrogen) atoms. The van der Waals surface area contributed by atoms with Crippen LogP contribution in [0.15, 0.2) is 60.8 Å². The lowest BCUT2D eigenvalue weighted by Gasteiger charge is -2.13. The fraction of sp³-hybridized carbons (Fsp3) is 0.286. The maximum Gasteiger partial charge on any atom is 0.318 e. The van der Waals surface area contributed by atoms with Crippen molar-refractivity contribution in [2.24, 2.45) is 5.92 Å². The molecule has 1 aliphatic rings. The smallest absolute Gasteiger partial charge is 0.318 e. The molecule has 2 aromatic carbocycles. The van der Waals surface area contributed by atoms with Gasteiger partial charge in [-0.25, -0.2) is 14.3 Å². The molecule has 0 radical (unpaired) electrons. The quantitative estimate of drug-likeness (QED) is 0.280. The van der Waals surface area contributed by atoms with Gasteiger partial charge in [0.1, 0.15) is 0 Å². The number of urea groups is 1. The lowest BCUT2D eigenvalue weighted by atomic mass is 10.1. The highest BCUT2D eigenvalue weighted by Gasteiger charge is 2.24. The van der Waals surface area contributed by atoms with Crippen LogP contribution in [0.4, 0.5) is 16.2 Å². The van der Waals surface area contributed by atoms with Crippen LogP contribution in [0.25, 0.3) is 28.2 Å². The van der Waals surface area contributed by atoms with E-state index < -0.39 is 0 Å². The maximum absolute atomic E-state index is 12.4. The van der Waals surface area contributed by atoms with Gasteiger partial charge in [0.05, 0.1) is 23.3 Å². The molecule has 1 aliphatic carbocycles. The molecule has 1 saturated carbocycles. The maximum atomic E-state index is 12.4. The third-order valence-corrected chi connectivity index (χ3v) is 6.19. The average molecular weight is 498 g/mol. The highest BCUT2D eigenvalue weighted by atomic mass is 16.2. The van der Waals surface area contributed by atoms with Crippen molar-refractivity contribution in [3.8, 4) is 22.5 Å². The van der Waals surface area contributed by atoms with Crippen molar-refractivity contribution < 1.29 is 9.59 Å². The number of imidazole rings is 1. The summed E-state index contributed by atoms with van der Waals surface area (Å²) in [6.07, 6.45) is 3.92. The van der Waals surface area contributed by atoms with E-state index in [1.807, 2.05) is 65.3 Å². The van der Waals surface area contributed by atoms with E-state index in [1.165, 1.54) is 0 Å². The Kier molecular flexibility index (Phi) is 6.76. The van der Waals surface area contributed by atoms with Crippen LogP contribution < -0.4 is 21.3 Å². The zero-order valence-corrected chi connectivity index (χ0v) is 21.2. The predicted octanol–water partition coefficient (Wildman–Crippen LogP) is 4.77. The van der Waals surface area contributed by atoms with E-state index in [1.54, 1.807) is 7.05 Å². The Morgan fingerprint density at radius 1 is 1.03 bits per heavy atom. The number of carbonyl (C=O) groups is 2. The average Bonchev–Trinajstić information content (AvgIpc) is 3.62. The molecule has 1 fully saturated rings. The summed E-state index contributed by atoms with van der Waals surface area (Å²) in [5.41, 5.74) is 6.37. The van der Waals surface area contributed by atoms with Gasteiger partial charge >= 0.3 is 6.03 Å². The van der Waals surface area contributed by atoms with Gasteiger partial charge in [0.2, 0.25) is 0 Å². The van der Waals surface area contributed by atoms with Gasteiger partial charge in [-0.3, -0.25) is 4.79 Å². The van der Waals surface area contributed by atoms with Gasteiger partial charge in [0.15, 0.2) is 5.65 Å². The standard InChI is InChI=1S/C28H31N7O2/c1-17(2)15-30-24-14-23(18-8-10-22(11-9-18)33-28(37)29-3)34-35-25(16-31-26(24)35)19-4-6-20(7-5-19)27(36)32-21-12-13-21/h4-11,14,16-17,21,30H,12-13,15H2,1-3H3,(H,32,36)(H2,29,33,37). The zero-order chi connectivity index (χ0) is 25.9. The van der Waals surface area contributed by atoms with Crippen LogP contribution in [0.1, 0.15) is 37.0 Å². The molecule has 5 rings (SSSR count). The third-order valence-electron chi connectivity index (χ3n) is 6.19. The van der Waals surface area contributed by atoms with E-state index in [-0.39, 0.29) is 11.9 Å². The van der Waals surface area contributed by atoms with E-state index in [4.69, 9.17) is 5.10 Å². The number of benzene rings is 2. The number of hydrogen-bond donors (Lipinski definition) is 4. The fourth-order valence-electron chi connectivity index (χ4n) is 3.96. The first-order chi connectivity index (χ1) is 17.9. The second kappa shape index (κ2) is 10.3. The first-order valence-electron chi connectivity index (χ1n) is 12.5. The molecule has 4 N–H and O–H groups in total. The Balaban J connectivity index is 1.50. The summed E-state index contributed by atoms with van der Waals surface area (Å²) < 4.78 is 1.84. The van der Waals surface area contributed by atoms with Gasteiger partial charge in [0.25, 0.3) is 5.91 Å². The third kappa shape index (κ3) is 5.55. The number of fused-ring (bicyclic) bond motifs is 1. The minimum absolute atomic E-state index is 0.0397. The Labute approximate surface area is 215 Å². The highest BCUT2D eigenvalue weighted by Crippen LogP contribution is 2.29. The van der Waals surface area contributed by atoms with Crippen LogP contribution in [0.5, 0.6) is 0 Å². The minimum atomic E-state index is -0.272. The summed E-state index contributed by atoms with van der Waals surface area (Å²) in [6.45, 7) is 5.10. The molecule has 4 aromatic rings. The van der Waals surface area contributed by atoms with Crippen molar-refractivity contribution >= 4 is 29.0 Å². The summed E-state index contributed by atoms with van der Waals surface area (Å²) in [4.78, 5) is 28.7. The fourth-order valence-corrected chi connectivity index (χ4v) is 3.96. The predicted molar refractivity (Wildman–Crippen MR) is 146 cm³/mol. The molecule has 0 unspecified atom stereocenters. The van der Waals surface area contributed by atoms with E-state index in [2.05, 4.69) is 40.1 Å². The number of nitrogens with zero attached hydrogens (tertiary/aromatic N) is 3. The van der Waals surface area contributed by atoms with Crippen LogP contribution in [0.3, 0.4) is 0 Å². The molecule has 9 nitrogen and oxygen atoms in total. The van der Waals surface area contributed by atoms with Crippen molar-refractivity contribution in [3.05, 3.63) is 66.4 Å². The zero-order valence-electron chi connectivity index (χ0n) is 21.2. The van der Waals surface area contributed by atoms with Crippen molar-refractivity contribution in [1.29, 1.82) is 0 Å². The molecule has 0 saturated heterocycles. The molecule has 0 atom stereocenters. The van der Waals surface area contributed by atoms with Gasteiger partial charge in [-0.1, -0.05) is 38.1 Å². The van der Waals surface area contributed by atoms with Gasteiger partial charge in [-0.2, -0.15) is 5.10 Å². The molecular weight excluding hydrogens is 466 g/mol. The number of nitrogens with one attached hydrogen (secondary N) is 4. The lowest BCUT2D eigenvalue weighted by molar-refractivity contribution is 0.0951. The molecular formula is C28H31N7O2. The summed E-state index contributed by atoms with van der Waals surface area (Å²) in [5, 5.41) is 16.8. The number of anilines is 2.